The van der Waals surface area contributed by atoms with Gasteiger partial charge in [-0.15, -0.1) is 0 Å². The molecule has 0 radical (unpaired) electrons. The molecule has 4 rings (SSSR count). The summed E-state index contributed by atoms with van der Waals surface area (Å²) in [6, 6.07) is 8.55. The van der Waals surface area contributed by atoms with Crippen LogP contribution in [0.25, 0.3) is 17.4 Å². The lowest BCUT2D eigenvalue weighted by atomic mass is 10.1. The number of hydrogen-bond acceptors (Lipinski definition) is 5. The molecule has 0 unspecified atom stereocenters. The van der Waals surface area contributed by atoms with Crippen LogP contribution in [-0.4, -0.2) is 27.0 Å². The number of furan rings is 1. The number of aliphatic imine (C=N–C) groups is 1. The fourth-order valence-corrected chi connectivity index (χ4v) is 3.91. The molecule has 0 spiro atoms. The molecule has 1 aromatic heterocycles. The van der Waals surface area contributed by atoms with Gasteiger partial charge in [0, 0.05) is 10.6 Å². The first kappa shape index (κ1) is 18.0. The van der Waals surface area contributed by atoms with E-state index >= 15 is 0 Å². The number of amides is 1. The summed E-state index contributed by atoms with van der Waals surface area (Å²) in [6.07, 6.45) is 2.20. The van der Waals surface area contributed by atoms with Gasteiger partial charge in [-0.3, -0.25) is 10.2 Å². The highest BCUT2D eigenvalue weighted by molar-refractivity contribution is 8.26. The summed E-state index contributed by atoms with van der Waals surface area (Å²) in [5, 5.41) is 16.2. The minimum Gasteiger partial charge on any atom is -0.457 e. The second-order valence-electron chi connectivity index (χ2n) is 5.69. The number of amidine groups is 2. The molecule has 0 aliphatic carbocycles. The molecule has 1 amide bonds. The van der Waals surface area contributed by atoms with Crippen molar-refractivity contribution in [1.29, 1.82) is 5.41 Å². The quantitative estimate of drug-likeness (QED) is 0.686. The molecule has 9 heteroatoms. The van der Waals surface area contributed by atoms with Crippen molar-refractivity contribution >= 4 is 63.0 Å². The number of carbonyl (C=O) groups excluding carboxylic acids is 1. The van der Waals surface area contributed by atoms with Crippen molar-refractivity contribution < 1.29 is 9.21 Å². The van der Waals surface area contributed by atoms with Crippen molar-refractivity contribution in [3.8, 4) is 11.3 Å². The molecule has 0 fully saturated rings. The van der Waals surface area contributed by atoms with E-state index in [0.29, 0.717) is 38.7 Å². The molecule has 6 nitrogen and oxygen atoms in total. The van der Waals surface area contributed by atoms with Gasteiger partial charge in [-0.25, -0.2) is 0 Å². The van der Waals surface area contributed by atoms with Crippen LogP contribution in [-0.2, 0) is 4.79 Å². The van der Waals surface area contributed by atoms with Crippen LogP contribution in [0.2, 0.25) is 10.0 Å². The maximum Gasteiger partial charge on any atom is 0.283 e. The molecule has 2 aliphatic heterocycles. The Labute approximate surface area is 169 Å². The van der Waals surface area contributed by atoms with Crippen molar-refractivity contribution in [3.05, 3.63) is 51.7 Å². The standard InChI is InChI=1S/C18H12Cl2N4O2S/c1-2-15-23-24-16(21)12(17(25)22-18(24)27-15)8-10-4-6-14(26-10)11-5-3-9(19)7-13(11)20/h3-8,21H,2H2,1H3. The minimum absolute atomic E-state index is 0.0246. The monoisotopic (exact) mass is 418 g/mol. The molecular weight excluding hydrogens is 407 g/mol. The van der Waals surface area contributed by atoms with E-state index in [-0.39, 0.29) is 11.4 Å². The molecule has 0 bridgehead atoms. The number of halogens is 2. The highest BCUT2D eigenvalue weighted by atomic mass is 35.5. The predicted octanol–water partition coefficient (Wildman–Crippen LogP) is 5.28. The summed E-state index contributed by atoms with van der Waals surface area (Å²) in [5.41, 5.74) is 0.799. The number of carbonyl (C=O) groups is 1. The molecule has 0 saturated heterocycles. The smallest absolute Gasteiger partial charge is 0.283 e. The van der Waals surface area contributed by atoms with E-state index in [1.807, 2.05) is 6.92 Å². The van der Waals surface area contributed by atoms with Crippen molar-refractivity contribution in [2.24, 2.45) is 10.1 Å². The van der Waals surface area contributed by atoms with E-state index in [1.54, 1.807) is 30.3 Å². The van der Waals surface area contributed by atoms with Crippen LogP contribution in [0.4, 0.5) is 0 Å². The Morgan fingerprint density at radius 1 is 1.30 bits per heavy atom. The molecule has 136 valence electrons. The van der Waals surface area contributed by atoms with E-state index in [2.05, 4.69) is 10.1 Å². The highest BCUT2D eigenvalue weighted by Gasteiger charge is 2.35. The third-order valence-corrected chi connectivity index (χ3v) is 5.51. The number of hydrogen-bond donors (Lipinski definition) is 1. The second-order valence-corrected chi connectivity index (χ2v) is 7.58. The molecule has 1 N–H and O–H groups in total. The number of benzene rings is 1. The summed E-state index contributed by atoms with van der Waals surface area (Å²) >= 11 is 13.4. The Balaban J connectivity index is 1.67. The maximum atomic E-state index is 12.4. The van der Waals surface area contributed by atoms with Crippen LogP contribution in [0.3, 0.4) is 0 Å². The Bertz CT molecular complexity index is 1070. The topological polar surface area (TPSA) is 82.0 Å². The van der Waals surface area contributed by atoms with E-state index in [0.717, 1.165) is 5.04 Å². The Hall–Kier alpha value is -2.35. The predicted molar refractivity (Wildman–Crippen MR) is 109 cm³/mol. The van der Waals surface area contributed by atoms with Crippen molar-refractivity contribution in [3.63, 3.8) is 0 Å². The van der Waals surface area contributed by atoms with Gasteiger partial charge in [0.25, 0.3) is 5.91 Å². The number of nitrogens with zero attached hydrogens (tertiary/aromatic N) is 3. The van der Waals surface area contributed by atoms with Crippen LogP contribution in [0.1, 0.15) is 19.1 Å². The van der Waals surface area contributed by atoms with Gasteiger partial charge in [0.05, 0.1) is 10.6 Å². The maximum absolute atomic E-state index is 12.4. The number of fused-ring (bicyclic) bond motifs is 1. The molecular formula is C18H12Cl2N4O2S. The molecule has 2 aliphatic rings. The number of nitrogens with one attached hydrogen (secondary N) is 1. The summed E-state index contributed by atoms with van der Waals surface area (Å²) in [7, 11) is 0. The zero-order chi connectivity index (χ0) is 19.1. The largest absolute Gasteiger partial charge is 0.457 e. The fraction of sp³-hybridized carbons (Fsp3) is 0.111. The fourth-order valence-electron chi connectivity index (χ4n) is 2.58. The third-order valence-electron chi connectivity index (χ3n) is 3.91. The second kappa shape index (κ2) is 6.99. The normalized spacial score (nSPS) is 18.0. The van der Waals surface area contributed by atoms with Gasteiger partial charge in [0.1, 0.15) is 16.6 Å². The van der Waals surface area contributed by atoms with Crippen LogP contribution in [0.5, 0.6) is 0 Å². The summed E-state index contributed by atoms with van der Waals surface area (Å²) < 4.78 is 5.78. The summed E-state index contributed by atoms with van der Waals surface area (Å²) in [6.45, 7) is 1.96. The lowest BCUT2D eigenvalue weighted by Crippen LogP contribution is -2.35. The van der Waals surface area contributed by atoms with Gasteiger partial charge in [-0.05, 0) is 54.6 Å². The van der Waals surface area contributed by atoms with Crippen LogP contribution >= 0.6 is 35.0 Å². The lowest BCUT2D eigenvalue weighted by molar-refractivity contribution is -0.114. The van der Waals surface area contributed by atoms with E-state index in [1.165, 1.54) is 22.8 Å². The zero-order valence-corrected chi connectivity index (χ0v) is 16.3. The molecule has 0 atom stereocenters. The molecule has 27 heavy (non-hydrogen) atoms. The Kier molecular flexibility index (Phi) is 4.67. The van der Waals surface area contributed by atoms with Crippen LogP contribution in [0, 0.1) is 5.41 Å². The Morgan fingerprint density at radius 3 is 2.85 bits per heavy atom. The first-order valence-corrected chi connectivity index (χ1v) is 9.58. The van der Waals surface area contributed by atoms with Crippen LogP contribution < -0.4 is 0 Å². The van der Waals surface area contributed by atoms with Gasteiger partial charge < -0.3 is 4.42 Å². The van der Waals surface area contributed by atoms with Gasteiger partial charge in [0.2, 0.25) is 5.17 Å². The zero-order valence-electron chi connectivity index (χ0n) is 14.0. The molecule has 3 heterocycles. The molecule has 1 aromatic carbocycles. The average molecular weight is 419 g/mol. The SMILES string of the molecule is CCC1=NN2C(=N)C(=Cc3ccc(-c4ccc(Cl)cc4Cl)o3)C(=O)N=C2S1. The molecule has 0 saturated carbocycles. The van der Waals surface area contributed by atoms with E-state index in [9.17, 15) is 4.79 Å². The first-order valence-electron chi connectivity index (χ1n) is 8.00. The number of hydrazone groups is 1. The first-order chi connectivity index (χ1) is 13.0. The summed E-state index contributed by atoms with van der Waals surface area (Å²) in [4.78, 5) is 16.4. The molecule has 2 aromatic rings. The minimum atomic E-state index is -0.492. The number of thioether (sulfide) groups is 1. The Morgan fingerprint density at radius 2 is 2.11 bits per heavy atom. The van der Waals surface area contributed by atoms with Crippen molar-refractivity contribution in [2.75, 3.05) is 0 Å². The van der Waals surface area contributed by atoms with Crippen molar-refractivity contribution in [1.82, 2.24) is 5.01 Å². The van der Waals surface area contributed by atoms with Crippen molar-refractivity contribution in [2.45, 2.75) is 13.3 Å². The average Bonchev–Trinajstić information content (AvgIpc) is 3.25. The van der Waals surface area contributed by atoms with E-state index in [4.69, 9.17) is 33.0 Å². The van der Waals surface area contributed by atoms with Crippen LogP contribution in [0.15, 0.2) is 50.4 Å². The lowest BCUT2D eigenvalue weighted by Gasteiger charge is -2.19. The highest BCUT2D eigenvalue weighted by Crippen LogP contribution is 2.33. The van der Waals surface area contributed by atoms with Gasteiger partial charge in [-0.2, -0.15) is 15.1 Å². The van der Waals surface area contributed by atoms with E-state index < -0.39 is 5.91 Å². The summed E-state index contributed by atoms with van der Waals surface area (Å²) in [5.74, 6) is 0.428. The van der Waals surface area contributed by atoms with Gasteiger partial charge in [-0.1, -0.05) is 30.1 Å². The van der Waals surface area contributed by atoms with Gasteiger partial charge >= 0.3 is 0 Å². The number of rotatable bonds is 3. The van der Waals surface area contributed by atoms with Gasteiger partial charge in [0.15, 0.2) is 5.84 Å². The third kappa shape index (κ3) is 3.34.